The van der Waals surface area contributed by atoms with Gasteiger partial charge in [-0.3, -0.25) is 0 Å². The standard InChI is InChI=1S/C15H32N.C14H30N.C13H28N.C12H26N.C11H24N.C10H22N/c1-14(2)16(15(3)4)12-10-8-6-5-7-9-11-13-16;1-13(2)15(14(3)4)11-9-7-5-6-8-10-12-15;1-12(2)14(13(3)4)10-8-6-5-7-9-11-14;1-11(2)13(12(3)4)9-7-5-6-8-10-13;1-10(2)12(11(3)4)8-6-5-7-9-12;1-9(2)11(10(3)4)7-5-6-8-11/h14-15H,5-13H2,1-4H3;13-14H,5-12H2,1-4H3;12-13H,5-11H2,1-4H3;11-12H,5-10H2,1-4H3;10-11H,5-9H2,1-4H3;9-10H,5-8H2,1-4H3/q6*+1. The molecule has 0 saturated carbocycles. The number of hydrogen-bond donors (Lipinski definition) is 0. The van der Waals surface area contributed by atoms with Gasteiger partial charge in [0, 0.05) is 12.8 Å². The monoisotopic (exact) mass is 1150 g/mol. The number of rotatable bonds is 12. The van der Waals surface area contributed by atoms with Gasteiger partial charge in [-0.1, -0.05) is 38.5 Å². The molecule has 6 fully saturated rings. The molecule has 6 heterocycles. The third kappa shape index (κ3) is 24.3. The molecule has 6 aliphatic heterocycles. The molecular formula is C75H162N6+6. The van der Waals surface area contributed by atoms with Crippen LogP contribution in [0.4, 0.5) is 0 Å². The van der Waals surface area contributed by atoms with Gasteiger partial charge in [0.25, 0.3) is 0 Å². The van der Waals surface area contributed by atoms with Crippen molar-refractivity contribution in [3.8, 4) is 0 Å². The summed E-state index contributed by atoms with van der Waals surface area (Å²) in [5.41, 5.74) is 0. The maximum atomic E-state index is 2.42. The average Bonchev–Trinajstić information content (AvgIpc) is 3.83. The van der Waals surface area contributed by atoms with E-state index in [4.69, 9.17) is 0 Å². The summed E-state index contributed by atoms with van der Waals surface area (Å²) in [6, 6.07) is 9.63. The summed E-state index contributed by atoms with van der Waals surface area (Å²) in [7, 11) is 0. The molecule has 6 heteroatoms. The first-order valence-electron chi connectivity index (χ1n) is 37.2. The Morgan fingerprint density at radius 3 is 0.259 bits per heavy atom. The van der Waals surface area contributed by atoms with E-state index in [1.165, 1.54) is 279 Å². The van der Waals surface area contributed by atoms with E-state index in [-0.39, 0.29) is 0 Å². The highest BCUT2D eigenvalue weighted by molar-refractivity contribution is 4.65. The van der Waals surface area contributed by atoms with Crippen LogP contribution in [-0.2, 0) is 0 Å². The van der Waals surface area contributed by atoms with Gasteiger partial charge in [0.2, 0.25) is 0 Å². The summed E-state index contributed by atoms with van der Waals surface area (Å²) in [4.78, 5) is 0. The number of piperidine rings is 1. The molecule has 0 amide bonds. The Balaban J connectivity index is 0.000000488. The van der Waals surface area contributed by atoms with E-state index >= 15 is 0 Å². The van der Waals surface area contributed by atoms with Crippen LogP contribution in [0.1, 0.15) is 340 Å². The first-order chi connectivity index (χ1) is 38.1. The van der Waals surface area contributed by atoms with Crippen LogP contribution in [0.2, 0.25) is 0 Å². The second-order valence-corrected chi connectivity index (χ2v) is 32.0. The molecule has 0 aromatic heterocycles. The second-order valence-electron chi connectivity index (χ2n) is 32.0. The summed E-state index contributed by atoms with van der Waals surface area (Å²) >= 11 is 0. The van der Waals surface area contributed by atoms with E-state index in [0.717, 1.165) is 72.5 Å². The van der Waals surface area contributed by atoms with Crippen LogP contribution in [0, 0.1) is 0 Å². The quantitative estimate of drug-likeness (QED) is 0.171. The molecule has 0 bridgehead atoms. The molecular weight excluding hydrogens is 985 g/mol. The van der Waals surface area contributed by atoms with Crippen molar-refractivity contribution in [3.63, 3.8) is 0 Å². The van der Waals surface area contributed by atoms with Gasteiger partial charge in [-0.25, -0.2) is 0 Å². The third-order valence-corrected chi connectivity index (χ3v) is 24.5. The molecule has 486 valence electrons. The number of likely N-dealkylation sites (tertiary alicyclic amines) is 4. The molecule has 6 rings (SSSR count). The van der Waals surface area contributed by atoms with Crippen LogP contribution in [0.15, 0.2) is 0 Å². The van der Waals surface area contributed by atoms with E-state index in [2.05, 4.69) is 166 Å². The van der Waals surface area contributed by atoms with Crippen LogP contribution >= 0.6 is 0 Å². The maximum absolute atomic E-state index is 2.42. The zero-order valence-electron chi connectivity index (χ0n) is 61.2. The lowest BCUT2D eigenvalue weighted by Gasteiger charge is -2.48. The van der Waals surface area contributed by atoms with E-state index in [9.17, 15) is 0 Å². The normalized spacial score (nSPS) is 23.6. The van der Waals surface area contributed by atoms with E-state index in [1.54, 1.807) is 0 Å². The van der Waals surface area contributed by atoms with Gasteiger partial charge in [0.05, 0.1) is 151 Å². The topological polar surface area (TPSA) is 0 Å². The molecule has 0 radical (unpaired) electrons. The molecule has 6 saturated heterocycles. The van der Waals surface area contributed by atoms with Gasteiger partial charge in [-0.15, -0.1) is 0 Å². The van der Waals surface area contributed by atoms with Gasteiger partial charge in [0.15, 0.2) is 0 Å². The van der Waals surface area contributed by atoms with Crippen molar-refractivity contribution >= 4 is 0 Å². The fourth-order valence-corrected chi connectivity index (χ4v) is 18.0. The van der Waals surface area contributed by atoms with Crippen LogP contribution in [0.5, 0.6) is 0 Å². The molecule has 0 aliphatic carbocycles. The molecule has 6 aliphatic rings. The predicted molar refractivity (Wildman–Crippen MR) is 366 cm³/mol. The van der Waals surface area contributed by atoms with Gasteiger partial charge >= 0.3 is 0 Å². The van der Waals surface area contributed by atoms with Crippen LogP contribution < -0.4 is 0 Å². The first kappa shape index (κ1) is 78.8. The first-order valence-corrected chi connectivity index (χ1v) is 37.2. The Morgan fingerprint density at radius 1 is 0.111 bits per heavy atom. The largest absolute Gasteiger partial charge is 0.320 e. The third-order valence-electron chi connectivity index (χ3n) is 24.5. The Hall–Kier alpha value is -0.240. The van der Waals surface area contributed by atoms with E-state index in [1.807, 2.05) is 0 Å². The molecule has 6 nitrogen and oxygen atoms in total. The van der Waals surface area contributed by atoms with E-state index < -0.39 is 0 Å². The smallest absolute Gasteiger partial charge is 0.0835 e. The van der Waals surface area contributed by atoms with Crippen LogP contribution in [0.3, 0.4) is 0 Å². The lowest BCUT2D eigenvalue weighted by atomic mass is 10.0. The lowest BCUT2D eigenvalue weighted by molar-refractivity contribution is -0.970. The van der Waals surface area contributed by atoms with Crippen LogP contribution in [0.25, 0.3) is 0 Å². The van der Waals surface area contributed by atoms with Crippen molar-refractivity contribution in [1.82, 2.24) is 0 Å². The number of quaternary nitrogens is 6. The molecule has 81 heavy (non-hydrogen) atoms. The number of nitrogens with zero attached hydrogens (tertiary/aromatic N) is 6. The zero-order valence-corrected chi connectivity index (χ0v) is 61.2. The summed E-state index contributed by atoms with van der Waals surface area (Å²) in [5, 5.41) is 0. The van der Waals surface area contributed by atoms with Crippen molar-refractivity contribution in [2.45, 2.75) is 412 Å². The van der Waals surface area contributed by atoms with Gasteiger partial charge in [-0.2, -0.15) is 0 Å². The minimum absolute atomic E-state index is 0.791. The zero-order chi connectivity index (χ0) is 61.5. The highest BCUT2D eigenvalue weighted by atomic mass is 15.4. The molecule has 0 aromatic rings. The average molecular weight is 1150 g/mol. The molecule has 0 spiro atoms. The molecule has 0 atom stereocenters. The van der Waals surface area contributed by atoms with Gasteiger partial charge in [0.1, 0.15) is 0 Å². The van der Waals surface area contributed by atoms with E-state index in [0.29, 0.717) is 0 Å². The SMILES string of the molecule is CC(C)[N+]1(C(C)C)CCCC1.CC(C)[N+]1(C(C)C)CCCCC1.CC(C)[N+]1(C(C)C)CCCCCC1.CC(C)[N+]1(C(C)C)CCCCCCC1.CC(C)[N+]1(C(C)C)CCCCCCCC1.CC(C)[N+]1(C(C)C)CCCCCCCCC1. The highest BCUT2D eigenvalue weighted by Crippen LogP contribution is 2.31. The summed E-state index contributed by atoms with van der Waals surface area (Å²) in [5.74, 6) is 0. The van der Waals surface area contributed by atoms with Crippen LogP contribution in [-0.4, -0.2) is 178 Å². The fourth-order valence-electron chi connectivity index (χ4n) is 18.0. The van der Waals surface area contributed by atoms with Crippen molar-refractivity contribution in [3.05, 3.63) is 0 Å². The summed E-state index contributed by atoms with van der Waals surface area (Å²) < 4.78 is 8.17. The maximum Gasteiger partial charge on any atom is 0.0835 e. The number of hydrogen-bond acceptors (Lipinski definition) is 0. The Labute approximate surface area is 515 Å². The summed E-state index contributed by atoms with van der Waals surface area (Å²) in [6.07, 6.45) is 39.2. The predicted octanol–water partition coefficient (Wildman–Crippen LogP) is 20.3. The van der Waals surface area contributed by atoms with Crippen molar-refractivity contribution in [1.29, 1.82) is 0 Å². The Bertz CT molecular complexity index is 1400. The highest BCUT2D eigenvalue weighted by Gasteiger charge is 2.40. The van der Waals surface area contributed by atoms with Gasteiger partial charge in [-0.05, 0) is 288 Å². The lowest BCUT2D eigenvalue weighted by Crippen LogP contribution is -2.60. The Morgan fingerprint density at radius 2 is 0.173 bits per heavy atom. The fraction of sp³-hybridized carbons (Fsp3) is 1.00. The minimum Gasteiger partial charge on any atom is -0.320 e. The minimum atomic E-state index is 0.791. The van der Waals surface area contributed by atoms with Gasteiger partial charge < -0.3 is 26.9 Å². The summed E-state index contributed by atoms with van der Waals surface area (Å²) in [6.45, 7) is 74.5. The molecule has 0 unspecified atom stereocenters. The van der Waals surface area contributed by atoms with Crippen molar-refractivity contribution in [2.75, 3.05) is 78.5 Å². The van der Waals surface area contributed by atoms with Crippen molar-refractivity contribution < 1.29 is 26.9 Å². The van der Waals surface area contributed by atoms with Crippen molar-refractivity contribution in [2.24, 2.45) is 0 Å². The Kier molecular flexibility index (Phi) is 39.2. The molecule has 0 aromatic carbocycles. The second kappa shape index (κ2) is 40.3. The molecule has 0 N–H and O–H groups in total.